The molecule has 1 atom stereocenters. The molecule has 2 N–H and O–H groups in total. The lowest BCUT2D eigenvalue weighted by Crippen LogP contribution is -2.38. The molecule has 0 saturated heterocycles. The van der Waals surface area contributed by atoms with Crippen molar-refractivity contribution in [3.05, 3.63) is 117 Å². The number of aromatic hydroxyl groups is 1. The molecule has 234 valence electrons. The fourth-order valence-corrected chi connectivity index (χ4v) is 6.04. The second-order valence-electron chi connectivity index (χ2n) is 11.9. The van der Waals surface area contributed by atoms with E-state index in [1.54, 1.807) is 35.6 Å². The summed E-state index contributed by atoms with van der Waals surface area (Å²) in [5, 5.41) is 18.3. The van der Waals surface area contributed by atoms with E-state index in [1.165, 1.54) is 17.0 Å². The number of phenols is 1. The highest BCUT2D eigenvalue weighted by Gasteiger charge is 2.40. The van der Waals surface area contributed by atoms with Gasteiger partial charge in [-0.25, -0.2) is 4.39 Å². The smallest absolute Gasteiger partial charge is 0.298 e. The van der Waals surface area contributed by atoms with Crippen molar-refractivity contribution in [1.29, 1.82) is 0 Å². The molecule has 9 heteroatoms. The van der Waals surface area contributed by atoms with Crippen LogP contribution in [0.4, 0.5) is 15.8 Å². The predicted octanol–water partition coefficient (Wildman–Crippen LogP) is 8.43. The van der Waals surface area contributed by atoms with Gasteiger partial charge in [-0.3, -0.25) is 14.5 Å². The van der Waals surface area contributed by atoms with Crippen LogP contribution < -0.4 is 15.0 Å². The minimum Gasteiger partial charge on any atom is -0.506 e. The lowest BCUT2D eigenvalue weighted by atomic mass is 9.84. The van der Waals surface area contributed by atoms with Crippen LogP contribution in [0.1, 0.15) is 61.9 Å². The Labute approximate surface area is 266 Å². The molecule has 5 rings (SSSR count). The van der Waals surface area contributed by atoms with Crippen molar-refractivity contribution in [3.8, 4) is 11.5 Å². The fourth-order valence-electron chi connectivity index (χ4n) is 5.39. The minimum absolute atomic E-state index is 0.00806. The topological polar surface area (TPSA) is 88.1 Å². The number of phenolic OH excluding ortho intramolecular Hbond substituents is 1. The molecule has 1 aliphatic heterocycles. The first kappa shape index (κ1) is 31.8. The van der Waals surface area contributed by atoms with Crippen LogP contribution in [-0.4, -0.2) is 17.5 Å². The SMILES string of the molecule is CCC(C)(C)CC1=C(OC=O)C(c2ccc(OCc3ccsc3)cc2F)N(C(=O)Cc2ccccc2C)c2cccc(O)c2N1. The van der Waals surface area contributed by atoms with Gasteiger partial charge in [0.15, 0.2) is 5.76 Å². The maximum atomic E-state index is 16.3. The molecule has 0 radical (unpaired) electrons. The van der Waals surface area contributed by atoms with Crippen LogP contribution in [0, 0.1) is 18.2 Å². The zero-order chi connectivity index (χ0) is 32.1. The standard InChI is InChI=1S/C36H37FN2O5S/c1-5-36(3,4)19-29-35(44-22-40)34(27-14-13-26(18-28(27)37)43-20-24-15-16-45-21-24)39(30-11-8-12-31(41)33(30)38-29)32(42)17-25-10-7-6-9-23(25)2/h6-16,18,21-22,34,38,41H,5,17,19-20H2,1-4H3. The Bertz CT molecular complexity index is 1720. The lowest BCUT2D eigenvalue weighted by Gasteiger charge is -2.33. The minimum atomic E-state index is -1.18. The molecule has 1 unspecified atom stereocenters. The summed E-state index contributed by atoms with van der Waals surface area (Å²) in [7, 11) is 0. The van der Waals surface area contributed by atoms with Crippen molar-refractivity contribution in [2.75, 3.05) is 10.2 Å². The van der Waals surface area contributed by atoms with Crippen LogP contribution in [0.15, 0.2) is 88.9 Å². The number of halogens is 1. The van der Waals surface area contributed by atoms with E-state index in [9.17, 15) is 14.7 Å². The van der Waals surface area contributed by atoms with E-state index in [1.807, 2.05) is 54.9 Å². The van der Waals surface area contributed by atoms with Crippen LogP contribution >= 0.6 is 11.3 Å². The highest BCUT2D eigenvalue weighted by atomic mass is 32.1. The summed E-state index contributed by atoms with van der Waals surface area (Å²) in [4.78, 5) is 27.9. The Hall–Kier alpha value is -4.63. The van der Waals surface area contributed by atoms with E-state index in [4.69, 9.17) is 9.47 Å². The molecule has 0 spiro atoms. The number of nitrogens with zero attached hydrogens (tertiary/aromatic N) is 1. The van der Waals surface area contributed by atoms with E-state index < -0.39 is 11.9 Å². The number of hydrogen-bond acceptors (Lipinski definition) is 7. The molecule has 1 amide bonds. The summed E-state index contributed by atoms with van der Waals surface area (Å²) in [6, 6.07) is 17.6. The maximum Gasteiger partial charge on any atom is 0.298 e. The molecule has 2 heterocycles. The lowest BCUT2D eigenvalue weighted by molar-refractivity contribution is -0.126. The quantitative estimate of drug-likeness (QED) is 0.128. The number of carbonyl (C=O) groups excluding carboxylic acids is 2. The Morgan fingerprint density at radius 2 is 1.93 bits per heavy atom. The summed E-state index contributed by atoms with van der Waals surface area (Å²) in [6.45, 7) is 8.66. The van der Waals surface area contributed by atoms with Crippen LogP contribution in [0.5, 0.6) is 11.5 Å². The van der Waals surface area contributed by atoms with Crippen LogP contribution in [0.25, 0.3) is 0 Å². The van der Waals surface area contributed by atoms with Gasteiger partial charge in [0.25, 0.3) is 6.47 Å². The summed E-state index contributed by atoms with van der Waals surface area (Å²) >= 11 is 1.55. The molecular weight excluding hydrogens is 591 g/mol. The molecule has 0 aliphatic carbocycles. The number of allylic oxidation sites excluding steroid dienone is 1. The molecule has 3 aromatic carbocycles. The molecule has 1 aromatic heterocycles. The van der Waals surface area contributed by atoms with Gasteiger partial charge in [-0.1, -0.05) is 57.5 Å². The zero-order valence-corrected chi connectivity index (χ0v) is 26.6. The van der Waals surface area contributed by atoms with Crippen molar-refractivity contribution in [1.82, 2.24) is 0 Å². The molecule has 0 saturated carbocycles. The first-order chi connectivity index (χ1) is 21.6. The van der Waals surface area contributed by atoms with Crippen molar-refractivity contribution in [2.24, 2.45) is 5.41 Å². The molecule has 0 bridgehead atoms. The third kappa shape index (κ3) is 7.04. The number of amides is 1. The first-order valence-corrected chi connectivity index (χ1v) is 15.8. The van der Waals surface area contributed by atoms with Gasteiger partial charge in [0, 0.05) is 11.6 Å². The predicted molar refractivity (Wildman–Crippen MR) is 175 cm³/mol. The normalized spacial score (nSPS) is 14.8. The van der Waals surface area contributed by atoms with Crippen LogP contribution in [0.2, 0.25) is 0 Å². The van der Waals surface area contributed by atoms with E-state index in [-0.39, 0.29) is 47.1 Å². The number of hydrogen-bond donors (Lipinski definition) is 2. The summed E-state index contributed by atoms with van der Waals surface area (Å²) < 4.78 is 27.9. The number of rotatable bonds is 11. The van der Waals surface area contributed by atoms with Gasteiger partial charge in [-0.15, -0.1) is 0 Å². The van der Waals surface area contributed by atoms with Crippen molar-refractivity contribution in [3.63, 3.8) is 0 Å². The second kappa shape index (κ2) is 13.6. The third-order valence-electron chi connectivity index (χ3n) is 8.27. The van der Waals surface area contributed by atoms with E-state index in [2.05, 4.69) is 19.2 Å². The second-order valence-corrected chi connectivity index (χ2v) is 12.7. The fraction of sp³-hybridized carbons (Fsp3) is 0.278. The van der Waals surface area contributed by atoms with Crippen molar-refractivity contribution >= 4 is 35.1 Å². The average molecular weight is 629 g/mol. The number of nitrogens with one attached hydrogen (secondary N) is 1. The number of thiophene rings is 1. The Morgan fingerprint density at radius 1 is 1.13 bits per heavy atom. The highest BCUT2D eigenvalue weighted by molar-refractivity contribution is 7.07. The number of anilines is 2. The van der Waals surface area contributed by atoms with Gasteiger partial charge in [-0.2, -0.15) is 11.3 Å². The van der Waals surface area contributed by atoms with Gasteiger partial charge >= 0.3 is 0 Å². The molecule has 0 fully saturated rings. The Morgan fingerprint density at radius 3 is 2.62 bits per heavy atom. The molecule has 45 heavy (non-hydrogen) atoms. The largest absolute Gasteiger partial charge is 0.506 e. The summed E-state index contributed by atoms with van der Waals surface area (Å²) in [6.07, 6.45) is 1.16. The van der Waals surface area contributed by atoms with E-state index in [0.29, 0.717) is 30.0 Å². The number of fused-ring (bicyclic) bond motifs is 1. The number of aryl methyl sites for hydroxylation is 1. The van der Waals surface area contributed by atoms with E-state index >= 15 is 4.39 Å². The van der Waals surface area contributed by atoms with Gasteiger partial charge in [-0.05, 0) is 76.5 Å². The van der Waals surface area contributed by atoms with Gasteiger partial charge < -0.3 is 19.9 Å². The molecular formula is C36H37FN2O5S. The number of ether oxygens (including phenoxy) is 2. The number of para-hydroxylation sites is 1. The Balaban J connectivity index is 1.70. The van der Waals surface area contributed by atoms with Crippen molar-refractivity contribution in [2.45, 2.75) is 59.6 Å². The highest BCUT2D eigenvalue weighted by Crippen LogP contribution is 2.48. The molecule has 1 aliphatic rings. The number of benzene rings is 3. The van der Waals surface area contributed by atoms with Crippen LogP contribution in [-0.2, 0) is 27.4 Å². The van der Waals surface area contributed by atoms with Crippen molar-refractivity contribution < 1.29 is 28.6 Å². The van der Waals surface area contributed by atoms with Crippen LogP contribution in [0.3, 0.4) is 0 Å². The van der Waals surface area contributed by atoms with Gasteiger partial charge in [0.1, 0.15) is 35.7 Å². The maximum absolute atomic E-state index is 16.3. The van der Waals surface area contributed by atoms with E-state index in [0.717, 1.165) is 23.1 Å². The monoisotopic (exact) mass is 628 g/mol. The zero-order valence-electron chi connectivity index (χ0n) is 25.8. The molecule has 7 nitrogen and oxygen atoms in total. The first-order valence-electron chi connectivity index (χ1n) is 14.8. The average Bonchev–Trinajstić information content (AvgIpc) is 3.50. The Kier molecular flexibility index (Phi) is 9.58. The van der Waals surface area contributed by atoms with Gasteiger partial charge in [0.2, 0.25) is 5.91 Å². The summed E-state index contributed by atoms with van der Waals surface area (Å²) in [5.41, 5.74) is 3.59. The molecule has 4 aromatic rings. The van der Waals surface area contributed by atoms with Gasteiger partial charge in [0.05, 0.1) is 17.8 Å². The third-order valence-corrected chi connectivity index (χ3v) is 9.00. The summed E-state index contributed by atoms with van der Waals surface area (Å²) in [5.74, 6) is -0.716. The number of carbonyl (C=O) groups is 2.